The highest BCUT2D eigenvalue weighted by Gasteiger charge is 2.40. The molecule has 3 rings (SSSR count). The first-order valence-electron chi connectivity index (χ1n) is 6.93. The van der Waals surface area contributed by atoms with Crippen LogP contribution in [0, 0.1) is 12.7 Å². The number of hydrogen-bond acceptors (Lipinski definition) is 3. The molecular weight excluding hydrogens is 245 g/mol. The lowest BCUT2D eigenvalue weighted by Gasteiger charge is -2.36. The summed E-state index contributed by atoms with van der Waals surface area (Å²) in [4.78, 5) is 0. The van der Waals surface area contributed by atoms with Crippen molar-refractivity contribution in [2.75, 3.05) is 18.9 Å². The minimum absolute atomic E-state index is 0.232. The molecule has 2 fully saturated rings. The third-order valence-corrected chi connectivity index (χ3v) is 4.39. The number of nitrogens with two attached hydrogens (primary N) is 1. The van der Waals surface area contributed by atoms with Gasteiger partial charge in [0.15, 0.2) is 5.79 Å². The Balaban J connectivity index is 1.76. The Morgan fingerprint density at radius 2 is 1.84 bits per heavy atom. The Hall–Kier alpha value is -1.13. The standard InChI is InChI=1S/C15H20FNO2/c1-10-8-14(17)13(16)9-12(10)11-2-4-15(5-3-11)18-6-7-19-15/h8-9,11H,2-7,17H2,1H3. The van der Waals surface area contributed by atoms with E-state index in [1.807, 2.05) is 6.92 Å². The van der Waals surface area contributed by atoms with E-state index in [0.717, 1.165) is 36.8 Å². The van der Waals surface area contributed by atoms with Gasteiger partial charge in [0, 0.05) is 12.8 Å². The van der Waals surface area contributed by atoms with E-state index in [-0.39, 0.29) is 17.3 Å². The van der Waals surface area contributed by atoms with Crippen LogP contribution in [-0.4, -0.2) is 19.0 Å². The zero-order chi connectivity index (χ0) is 13.5. The fourth-order valence-electron chi connectivity index (χ4n) is 3.31. The summed E-state index contributed by atoms with van der Waals surface area (Å²) >= 11 is 0. The monoisotopic (exact) mass is 265 g/mol. The minimum Gasteiger partial charge on any atom is -0.396 e. The van der Waals surface area contributed by atoms with Gasteiger partial charge in [-0.3, -0.25) is 0 Å². The van der Waals surface area contributed by atoms with Gasteiger partial charge in [0.1, 0.15) is 5.82 Å². The van der Waals surface area contributed by atoms with Crippen molar-refractivity contribution >= 4 is 5.69 Å². The average molecular weight is 265 g/mol. The molecule has 1 aliphatic heterocycles. The first-order valence-corrected chi connectivity index (χ1v) is 6.93. The molecule has 0 bridgehead atoms. The molecule has 3 nitrogen and oxygen atoms in total. The lowest BCUT2D eigenvalue weighted by Crippen LogP contribution is -2.34. The van der Waals surface area contributed by atoms with Gasteiger partial charge in [-0.05, 0) is 48.9 Å². The third-order valence-electron chi connectivity index (χ3n) is 4.39. The molecule has 0 aromatic heterocycles. The fourth-order valence-corrected chi connectivity index (χ4v) is 3.31. The van der Waals surface area contributed by atoms with E-state index in [1.165, 1.54) is 0 Å². The molecule has 1 aliphatic carbocycles. The SMILES string of the molecule is Cc1cc(N)c(F)cc1C1CCC2(CC1)OCCO2. The molecule has 2 aliphatic rings. The van der Waals surface area contributed by atoms with Gasteiger partial charge in [-0.2, -0.15) is 0 Å². The van der Waals surface area contributed by atoms with Crippen molar-refractivity contribution in [3.63, 3.8) is 0 Å². The van der Waals surface area contributed by atoms with E-state index in [4.69, 9.17) is 15.2 Å². The molecule has 1 saturated heterocycles. The first-order chi connectivity index (χ1) is 9.10. The summed E-state index contributed by atoms with van der Waals surface area (Å²) in [6.45, 7) is 3.39. The smallest absolute Gasteiger partial charge is 0.168 e. The largest absolute Gasteiger partial charge is 0.396 e. The van der Waals surface area contributed by atoms with Crippen LogP contribution in [0.1, 0.15) is 42.7 Å². The summed E-state index contributed by atoms with van der Waals surface area (Å²) in [7, 11) is 0. The maximum atomic E-state index is 13.6. The van der Waals surface area contributed by atoms with Gasteiger partial charge in [0.05, 0.1) is 18.9 Å². The Bertz CT molecular complexity index is 473. The number of hydrogen-bond donors (Lipinski definition) is 1. The van der Waals surface area contributed by atoms with Gasteiger partial charge in [-0.25, -0.2) is 4.39 Å². The van der Waals surface area contributed by atoms with Crippen molar-refractivity contribution in [1.82, 2.24) is 0 Å². The second kappa shape index (κ2) is 4.76. The van der Waals surface area contributed by atoms with Crippen molar-refractivity contribution in [3.8, 4) is 0 Å². The third kappa shape index (κ3) is 2.35. The molecule has 2 N–H and O–H groups in total. The molecule has 0 radical (unpaired) electrons. The Kier molecular flexibility index (Phi) is 3.23. The van der Waals surface area contributed by atoms with E-state index in [9.17, 15) is 4.39 Å². The summed E-state index contributed by atoms with van der Waals surface area (Å²) in [5.74, 6) is -0.278. The predicted molar refractivity (Wildman–Crippen MR) is 71.4 cm³/mol. The highest BCUT2D eigenvalue weighted by atomic mass is 19.1. The van der Waals surface area contributed by atoms with Crippen LogP contribution in [0.2, 0.25) is 0 Å². The normalized spacial score (nSPS) is 23.1. The van der Waals surface area contributed by atoms with Crippen LogP contribution in [0.5, 0.6) is 0 Å². The van der Waals surface area contributed by atoms with Crippen molar-refractivity contribution in [3.05, 3.63) is 29.1 Å². The first kappa shape index (κ1) is 12.9. The van der Waals surface area contributed by atoms with Crippen LogP contribution < -0.4 is 5.73 Å². The molecule has 1 heterocycles. The van der Waals surface area contributed by atoms with Crippen molar-refractivity contribution in [2.24, 2.45) is 0 Å². The molecule has 0 atom stereocenters. The number of ether oxygens (including phenoxy) is 2. The van der Waals surface area contributed by atoms with Gasteiger partial charge >= 0.3 is 0 Å². The number of nitrogen functional groups attached to an aromatic ring is 1. The molecule has 4 heteroatoms. The summed E-state index contributed by atoms with van der Waals surface area (Å²) in [5.41, 5.74) is 7.99. The number of anilines is 1. The van der Waals surface area contributed by atoms with E-state index in [1.54, 1.807) is 12.1 Å². The topological polar surface area (TPSA) is 44.5 Å². The zero-order valence-electron chi connectivity index (χ0n) is 11.2. The van der Waals surface area contributed by atoms with E-state index in [2.05, 4.69) is 0 Å². The molecule has 1 spiro atoms. The quantitative estimate of drug-likeness (QED) is 0.793. The molecule has 19 heavy (non-hydrogen) atoms. The van der Waals surface area contributed by atoms with Crippen LogP contribution in [0.15, 0.2) is 12.1 Å². The minimum atomic E-state index is -0.350. The van der Waals surface area contributed by atoms with Crippen molar-refractivity contribution in [2.45, 2.75) is 44.3 Å². The van der Waals surface area contributed by atoms with Crippen LogP contribution in [-0.2, 0) is 9.47 Å². The number of rotatable bonds is 1. The van der Waals surface area contributed by atoms with Crippen LogP contribution >= 0.6 is 0 Å². The van der Waals surface area contributed by atoms with Gasteiger partial charge in [-0.15, -0.1) is 0 Å². The predicted octanol–water partition coefficient (Wildman–Crippen LogP) is 3.12. The lowest BCUT2D eigenvalue weighted by molar-refractivity contribution is -0.178. The van der Waals surface area contributed by atoms with Gasteiger partial charge in [0.25, 0.3) is 0 Å². The van der Waals surface area contributed by atoms with E-state index >= 15 is 0 Å². The molecule has 1 aromatic rings. The van der Waals surface area contributed by atoms with Crippen molar-refractivity contribution < 1.29 is 13.9 Å². The van der Waals surface area contributed by atoms with Crippen LogP contribution in [0.25, 0.3) is 0 Å². The number of benzene rings is 1. The highest BCUT2D eigenvalue weighted by molar-refractivity contribution is 5.47. The summed E-state index contributed by atoms with van der Waals surface area (Å²) in [5, 5.41) is 0. The molecule has 104 valence electrons. The Labute approximate surface area is 112 Å². The molecule has 0 amide bonds. The summed E-state index contributed by atoms with van der Waals surface area (Å²) in [6.07, 6.45) is 3.74. The molecular formula is C15H20FNO2. The zero-order valence-corrected chi connectivity index (χ0v) is 11.2. The summed E-state index contributed by atoms with van der Waals surface area (Å²) < 4.78 is 25.1. The highest BCUT2D eigenvalue weighted by Crippen LogP contribution is 2.43. The van der Waals surface area contributed by atoms with E-state index in [0.29, 0.717) is 19.1 Å². The van der Waals surface area contributed by atoms with Gasteiger partial charge < -0.3 is 15.2 Å². The fraction of sp³-hybridized carbons (Fsp3) is 0.600. The average Bonchev–Trinajstić information content (AvgIpc) is 2.84. The van der Waals surface area contributed by atoms with Gasteiger partial charge in [-0.1, -0.05) is 0 Å². The molecule has 1 saturated carbocycles. The van der Waals surface area contributed by atoms with Crippen LogP contribution in [0.4, 0.5) is 10.1 Å². The summed E-state index contributed by atoms with van der Waals surface area (Å²) in [6, 6.07) is 3.33. The van der Waals surface area contributed by atoms with E-state index < -0.39 is 0 Å². The number of aryl methyl sites for hydroxylation is 1. The number of halogens is 1. The maximum Gasteiger partial charge on any atom is 0.168 e. The second-order valence-corrected chi connectivity index (χ2v) is 5.61. The Morgan fingerprint density at radius 1 is 1.21 bits per heavy atom. The second-order valence-electron chi connectivity index (χ2n) is 5.61. The van der Waals surface area contributed by atoms with Crippen LogP contribution in [0.3, 0.4) is 0 Å². The molecule has 1 aromatic carbocycles. The van der Waals surface area contributed by atoms with Crippen molar-refractivity contribution in [1.29, 1.82) is 0 Å². The lowest BCUT2D eigenvalue weighted by atomic mass is 9.79. The maximum absolute atomic E-state index is 13.6. The Morgan fingerprint density at radius 3 is 2.47 bits per heavy atom. The molecule has 0 unspecified atom stereocenters. The van der Waals surface area contributed by atoms with Gasteiger partial charge in [0.2, 0.25) is 0 Å².